The molecule has 0 saturated carbocycles. The molecule has 0 radical (unpaired) electrons. The summed E-state index contributed by atoms with van der Waals surface area (Å²) in [4.78, 5) is 54.2. The third-order valence-electron chi connectivity index (χ3n) is 9.17. The first-order valence-electron chi connectivity index (χ1n) is 19.7. The van der Waals surface area contributed by atoms with E-state index in [1.54, 1.807) is 6.07 Å². The van der Waals surface area contributed by atoms with Gasteiger partial charge in [-0.2, -0.15) is 0 Å². The van der Waals surface area contributed by atoms with Gasteiger partial charge in [-0.15, -0.1) is 13.2 Å². The Hall–Kier alpha value is -4.07. The Balaban J connectivity index is 1.36. The summed E-state index contributed by atoms with van der Waals surface area (Å²) >= 11 is 3.41. The van der Waals surface area contributed by atoms with Crippen LogP contribution in [0.3, 0.4) is 0 Å². The molecule has 3 aromatic rings. The van der Waals surface area contributed by atoms with Crippen LogP contribution in [0.2, 0.25) is 0 Å². The highest BCUT2D eigenvalue weighted by Gasteiger charge is 2.31. The van der Waals surface area contributed by atoms with Gasteiger partial charge in [0.05, 0.1) is 6.42 Å². The van der Waals surface area contributed by atoms with Crippen molar-refractivity contribution < 1.29 is 37.1 Å². The number of H-pyrrole nitrogens is 1. The van der Waals surface area contributed by atoms with Gasteiger partial charge in [0.15, 0.2) is 0 Å². The van der Waals surface area contributed by atoms with Gasteiger partial charge in [-0.1, -0.05) is 112 Å². The van der Waals surface area contributed by atoms with Crippen molar-refractivity contribution >= 4 is 50.5 Å². The maximum atomic E-state index is 13.2. The number of ether oxygens (including phenoxy) is 1. The summed E-state index contributed by atoms with van der Waals surface area (Å²) in [7, 11) is 0. The van der Waals surface area contributed by atoms with Crippen molar-refractivity contribution in [2.24, 2.45) is 0 Å². The van der Waals surface area contributed by atoms with Gasteiger partial charge in [-0.05, 0) is 61.2 Å². The van der Waals surface area contributed by atoms with Gasteiger partial charge >= 0.3 is 6.36 Å². The van der Waals surface area contributed by atoms with Crippen molar-refractivity contribution in [2.45, 2.75) is 128 Å². The minimum atomic E-state index is -4.88. The smallest absolute Gasteiger partial charge is 0.406 e. The SMILES string of the molecule is CCCCCCCCNC(=O)CCCCCCCCCCCNC(=O)C(CNC(=O)c1cc2cc(Br)ccc2[nH]1)NC(=O)Cc1cccc(OC(F)(F)F)c1. The normalized spacial score (nSPS) is 11.9. The Morgan fingerprint density at radius 1 is 0.745 bits per heavy atom. The number of aromatic amines is 1. The number of nitrogens with one attached hydrogen (secondary N) is 5. The minimum absolute atomic E-state index is 0.155. The van der Waals surface area contributed by atoms with Crippen LogP contribution in [0.25, 0.3) is 10.9 Å². The number of benzene rings is 2. The molecule has 0 aliphatic rings. The lowest BCUT2D eigenvalue weighted by Crippen LogP contribution is -2.53. The van der Waals surface area contributed by atoms with Crippen LogP contribution in [0.5, 0.6) is 5.75 Å². The number of hydrogen-bond donors (Lipinski definition) is 5. The molecule has 14 heteroatoms. The second-order valence-corrected chi connectivity index (χ2v) is 14.9. The van der Waals surface area contributed by atoms with E-state index in [1.807, 2.05) is 18.2 Å². The largest absolute Gasteiger partial charge is 0.573 e. The minimum Gasteiger partial charge on any atom is -0.406 e. The molecular formula is C41H57BrF3N5O5. The van der Waals surface area contributed by atoms with Crippen molar-refractivity contribution in [3.05, 3.63) is 64.3 Å². The van der Waals surface area contributed by atoms with Crippen LogP contribution in [0.4, 0.5) is 13.2 Å². The third kappa shape index (κ3) is 19.4. The second kappa shape index (κ2) is 25.2. The van der Waals surface area contributed by atoms with Crippen molar-refractivity contribution in [3.63, 3.8) is 0 Å². The van der Waals surface area contributed by atoms with Crippen LogP contribution in [0.15, 0.2) is 53.0 Å². The average Bonchev–Trinajstić information content (AvgIpc) is 3.56. The fraction of sp³-hybridized carbons (Fsp3) is 0.561. The van der Waals surface area contributed by atoms with Crippen molar-refractivity contribution in [3.8, 4) is 5.75 Å². The first-order chi connectivity index (χ1) is 26.4. The summed E-state index contributed by atoms with van der Waals surface area (Å²) in [5.41, 5.74) is 1.29. The lowest BCUT2D eigenvalue weighted by atomic mass is 10.1. The Kier molecular flexibility index (Phi) is 20.7. The number of fused-ring (bicyclic) bond motifs is 1. The number of hydrogen-bond acceptors (Lipinski definition) is 5. The molecule has 0 bridgehead atoms. The van der Waals surface area contributed by atoms with Crippen LogP contribution in [-0.2, 0) is 20.8 Å². The number of carbonyl (C=O) groups excluding carboxylic acids is 4. The summed E-state index contributed by atoms with van der Waals surface area (Å²) < 4.78 is 42.9. The molecule has 1 unspecified atom stereocenters. The molecule has 1 aromatic heterocycles. The topological polar surface area (TPSA) is 141 Å². The molecule has 3 rings (SSSR count). The van der Waals surface area contributed by atoms with Crippen molar-refractivity contribution in [1.82, 2.24) is 26.3 Å². The Labute approximate surface area is 331 Å². The maximum Gasteiger partial charge on any atom is 0.573 e. The third-order valence-corrected chi connectivity index (χ3v) is 9.67. The Morgan fingerprint density at radius 3 is 2.05 bits per heavy atom. The van der Waals surface area contributed by atoms with E-state index >= 15 is 0 Å². The highest BCUT2D eigenvalue weighted by atomic mass is 79.9. The predicted octanol–water partition coefficient (Wildman–Crippen LogP) is 8.78. The number of alkyl halides is 3. The molecule has 0 aliphatic carbocycles. The van der Waals surface area contributed by atoms with E-state index in [2.05, 4.69) is 53.8 Å². The number of amides is 4. The van der Waals surface area contributed by atoms with E-state index in [9.17, 15) is 32.3 Å². The van der Waals surface area contributed by atoms with Crippen LogP contribution in [0.1, 0.15) is 126 Å². The first kappa shape index (κ1) is 45.3. The molecule has 0 aliphatic heterocycles. The van der Waals surface area contributed by atoms with Gasteiger partial charge in [0.2, 0.25) is 17.7 Å². The zero-order valence-corrected chi connectivity index (χ0v) is 33.5. The fourth-order valence-corrected chi connectivity index (χ4v) is 6.59. The first-order valence-corrected chi connectivity index (χ1v) is 20.5. The molecule has 1 heterocycles. The van der Waals surface area contributed by atoms with Gasteiger partial charge < -0.3 is 31.0 Å². The van der Waals surface area contributed by atoms with Crippen LogP contribution in [0, 0.1) is 0 Å². The molecular weight excluding hydrogens is 779 g/mol. The summed E-state index contributed by atoms with van der Waals surface area (Å²) in [6.07, 6.45) is 11.8. The van der Waals surface area contributed by atoms with E-state index in [0.29, 0.717) is 13.0 Å². The lowest BCUT2D eigenvalue weighted by molar-refractivity contribution is -0.274. The molecule has 1 atom stereocenters. The monoisotopic (exact) mass is 835 g/mol. The van der Waals surface area contributed by atoms with Gasteiger partial charge in [0, 0.05) is 41.4 Å². The standard InChI is InChI=1S/C41H57BrF3N5O5/c1-2-3-4-5-12-15-23-46-37(51)20-14-11-9-7-6-8-10-13-16-24-47-40(54)36(29-48-39(53)35-28-31-27-32(42)21-22-34(31)49-35)50-38(52)26-30-18-17-19-33(25-30)55-41(43,44)45/h17-19,21-22,25,27-28,36,49H,2-16,20,23-24,26,29H2,1H3,(H,46,51)(H,47,54)(H,48,53)(H,50,52). The lowest BCUT2D eigenvalue weighted by Gasteiger charge is -2.19. The molecule has 0 fully saturated rings. The van der Waals surface area contributed by atoms with Gasteiger partial charge in [-0.25, -0.2) is 0 Å². The van der Waals surface area contributed by atoms with Gasteiger partial charge in [0.1, 0.15) is 17.5 Å². The fourth-order valence-electron chi connectivity index (χ4n) is 6.21. The molecule has 0 spiro atoms. The maximum absolute atomic E-state index is 13.2. The molecule has 0 saturated heterocycles. The number of unbranched alkanes of at least 4 members (excludes halogenated alkanes) is 13. The molecule has 304 valence electrons. The number of aromatic nitrogens is 1. The number of carbonyl (C=O) groups is 4. The summed E-state index contributed by atoms with van der Waals surface area (Å²) in [5.74, 6) is -1.87. The predicted molar refractivity (Wildman–Crippen MR) is 213 cm³/mol. The second-order valence-electron chi connectivity index (χ2n) is 14.0. The van der Waals surface area contributed by atoms with Crippen LogP contribution in [-0.4, -0.2) is 60.7 Å². The summed E-state index contributed by atoms with van der Waals surface area (Å²) in [5, 5.41) is 12.0. The molecule has 2 aromatic carbocycles. The van der Waals surface area contributed by atoms with Crippen molar-refractivity contribution in [1.29, 1.82) is 0 Å². The Morgan fingerprint density at radius 2 is 1.38 bits per heavy atom. The molecule has 10 nitrogen and oxygen atoms in total. The quantitative estimate of drug-likeness (QED) is 0.0489. The summed E-state index contributed by atoms with van der Waals surface area (Å²) in [6, 6.07) is 11.1. The zero-order chi connectivity index (χ0) is 39.9. The average molecular weight is 837 g/mol. The van der Waals surface area contributed by atoms with Crippen LogP contribution < -0.4 is 26.0 Å². The number of rotatable bonds is 27. The molecule has 55 heavy (non-hydrogen) atoms. The van der Waals surface area contributed by atoms with E-state index in [0.717, 1.165) is 98.3 Å². The number of halogens is 4. The zero-order valence-electron chi connectivity index (χ0n) is 31.9. The van der Waals surface area contributed by atoms with E-state index in [1.165, 1.54) is 44.2 Å². The van der Waals surface area contributed by atoms with Crippen LogP contribution >= 0.6 is 15.9 Å². The van der Waals surface area contributed by atoms with Gasteiger partial charge in [-0.3, -0.25) is 19.2 Å². The summed E-state index contributed by atoms with van der Waals surface area (Å²) in [6.45, 7) is 3.16. The highest BCUT2D eigenvalue weighted by molar-refractivity contribution is 9.10. The Bertz CT molecular complexity index is 1630. The van der Waals surface area contributed by atoms with E-state index in [-0.39, 0.29) is 30.1 Å². The molecule has 5 N–H and O–H groups in total. The van der Waals surface area contributed by atoms with E-state index < -0.39 is 35.9 Å². The van der Waals surface area contributed by atoms with Crippen molar-refractivity contribution in [2.75, 3.05) is 19.6 Å². The molecule has 4 amide bonds. The van der Waals surface area contributed by atoms with E-state index in [4.69, 9.17) is 0 Å². The highest BCUT2D eigenvalue weighted by Crippen LogP contribution is 2.24. The van der Waals surface area contributed by atoms with Gasteiger partial charge in [0.25, 0.3) is 5.91 Å².